The minimum absolute atomic E-state index is 0.297. The molecule has 1 aliphatic carbocycles. The first kappa shape index (κ1) is 10.5. The summed E-state index contributed by atoms with van der Waals surface area (Å²) in [6, 6.07) is 0.297. The van der Waals surface area contributed by atoms with E-state index in [9.17, 15) is 0 Å². The number of nitrogens with one attached hydrogen (secondary N) is 1. The van der Waals surface area contributed by atoms with Crippen molar-refractivity contribution in [2.24, 2.45) is 11.7 Å². The molecule has 6 nitrogen and oxygen atoms in total. The lowest BCUT2D eigenvalue weighted by molar-refractivity contribution is 0.642. The van der Waals surface area contributed by atoms with Crippen LogP contribution in [0.4, 0.5) is 5.82 Å². The molecule has 0 radical (unpaired) electrons. The molecule has 0 bridgehead atoms. The Labute approximate surface area is 99.3 Å². The summed E-state index contributed by atoms with van der Waals surface area (Å²) < 4.78 is 1.93. The van der Waals surface area contributed by atoms with Gasteiger partial charge in [-0.1, -0.05) is 0 Å². The molecule has 0 aliphatic heterocycles. The Morgan fingerprint density at radius 3 is 3.06 bits per heavy atom. The van der Waals surface area contributed by atoms with Crippen LogP contribution in [0.3, 0.4) is 0 Å². The highest BCUT2D eigenvalue weighted by atomic mass is 15.3. The van der Waals surface area contributed by atoms with Gasteiger partial charge in [-0.15, -0.1) is 10.2 Å². The summed E-state index contributed by atoms with van der Waals surface area (Å²) in [6.45, 7) is 2.55. The van der Waals surface area contributed by atoms with Crippen molar-refractivity contribution in [1.29, 1.82) is 0 Å². The Balaban J connectivity index is 1.93. The van der Waals surface area contributed by atoms with Crippen LogP contribution >= 0.6 is 0 Å². The summed E-state index contributed by atoms with van der Waals surface area (Å²) in [7, 11) is 0. The van der Waals surface area contributed by atoms with E-state index in [0.717, 1.165) is 17.3 Å². The molecule has 1 fully saturated rings. The van der Waals surface area contributed by atoms with Gasteiger partial charge in [0.1, 0.15) is 5.82 Å². The van der Waals surface area contributed by atoms with Gasteiger partial charge < -0.3 is 11.1 Å². The average molecular weight is 232 g/mol. The van der Waals surface area contributed by atoms with E-state index in [0.29, 0.717) is 18.5 Å². The molecule has 2 heterocycles. The third kappa shape index (κ3) is 1.84. The number of hydrogen-bond acceptors (Lipinski definition) is 5. The van der Waals surface area contributed by atoms with Crippen molar-refractivity contribution in [2.45, 2.75) is 25.8 Å². The van der Waals surface area contributed by atoms with Crippen molar-refractivity contribution in [2.75, 3.05) is 11.9 Å². The molecule has 3 rings (SSSR count). The summed E-state index contributed by atoms with van der Waals surface area (Å²) in [4.78, 5) is 4.33. The summed E-state index contributed by atoms with van der Waals surface area (Å²) in [6.07, 6.45) is 6.13. The highest BCUT2D eigenvalue weighted by Crippen LogP contribution is 2.33. The second-order valence-corrected chi connectivity index (χ2v) is 4.54. The average Bonchev–Trinajstić information content (AvgIpc) is 3.12. The fraction of sp³-hybridized carbons (Fsp3) is 0.545. The molecule has 1 saturated carbocycles. The van der Waals surface area contributed by atoms with E-state index >= 15 is 0 Å². The summed E-state index contributed by atoms with van der Waals surface area (Å²) >= 11 is 0. The zero-order chi connectivity index (χ0) is 11.8. The minimum Gasteiger partial charge on any atom is -0.363 e. The van der Waals surface area contributed by atoms with Gasteiger partial charge in [0.15, 0.2) is 5.82 Å². The third-order valence-electron chi connectivity index (χ3n) is 3.26. The molecule has 2 aromatic rings. The first-order valence-corrected chi connectivity index (χ1v) is 5.92. The van der Waals surface area contributed by atoms with Gasteiger partial charge >= 0.3 is 0 Å². The number of nitrogens with zero attached hydrogens (tertiary/aromatic N) is 4. The monoisotopic (exact) mass is 232 g/mol. The lowest BCUT2D eigenvalue weighted by atomic mass is 10.2. The van der Waals surface area contributed by atoms with Crippen LogP contribution in [0, 0.1) is 12.8 Å². The number of fused-ring (bicyclic) bond motifs is 1. The standard InChI is InChI=1S/C11H16N6/c1-7-15-16-11-10(13-4-5-17(7)11)14-9(6-12)8-2-3-8/h4-5,8-9H,2-3,6,12H2,1H3,(H,13,14). The van der Waals surface area contributed by atoms with Gasteiger partial charge in [0.25, 0.3) is 0 Å². The van der Waals surface area contributed by atoms with Gasteiger partial charge in [0.2, 0.25) is 5.65 Å². The van der Waals surface area contributed by atoms with Crippen molar-refractivity contribution >= 4 is 11.5 Å². The maximum atomic E-state index is 5.78. The topological polar surface area (TPSA) is 81.1 Å². The molecule has 0 saturated heterocycles. The van der Waals surface area contributed by atoms with E-state index < -0.39 is 0 Å². The second-order valence-electron chi connectivity index (χ2n) is 4.54. The van der Waals surface area contributed by atoms with Gasteiger partial charge in [-0.05, 0) is 25.7 Å². The molecule has 3 N–H and O–H groups in total. The van der Waals surface area contributed by atoms with E-state index in [-0.39, 0.29) is 0 Å². The summed E-state index contributed by atoms with van der Waals surface area (Å²) in [5.74, 6) is 2.32. The van der Waals surface area contributed by atoms with Crippen LogP contribution < -0.4 is 11.1 Å². The van der Waals surface area contributed by atoms with Gasteiger partial charge in [0, 0.05) is 25.0 Å². The quantitative estimate of drug-likeness (QED) is 0.806. The maximum Gasteiger partial charge on any atom is 0.203 e. The number of anilines is 1. The van der Waals surface area contributed by atoms with E-state index in [1.807, 2.05) is 17.5 Å². The van der Waals surface area contributed by atoms with Crippen LogP contribution in [0.25, 0.3) is 5.65 Å². The Morgan fingerprint density at radius 1 is 1.53 bits per heavy atom. The number of aryl methyl sites for hydroxylation is 1. The molecule has 2 aromatic heterocycles. The highest BCUT2D eigenvalue weighted by molar-refractivity contribution is 5.62. The van der Waals surface area contributed by atoms with Crippen LogP contribution in [0.15, 0.2) is 12.4 Å². The fourth-order valence-corrected chi connectivity index (χ4v) is 2.09. The van der Waals surface area contributed by atoms with Crippen molar-refractivity contribution < 1.29 is 0 Å². The van der Waals surface area contributed by atoms with Gasteiger partial charge in [-0.3, -0.25) is 4.40 Å². The maximum absolute atomic E-state index is 5.78. The van der Waals surface area contributed by atoms with E-state index in [1.165, 1.54) is 12.8 Å². The van der Waals surface area contributed by atoms with Crippen LogP contribution in [-0.4, -0.2) is 32.2 Å². The van der Waals surface area contributed by atoms with Crippen molar-refractivity contribution in [3.05, 3.63) is 18.2 Å². The molecule has 6 heteroatoms. The van der Waals surface area contributed by atoms with E-state index in [1.54, 1.807) is 6.20 Å². The Hall–Kier alpha value is -1.69. The normalized spacial score (nSPS) is 17.3. The summed E-state index contributed by atoms with van der Waals surface area (Å²) in [5.41, 5.74) is 6.55. The number of hydrogen-bond donors (Lipinski definition) is 2. The SMILES string of the molecule is Cc1nnc2c(NC(CN)C3CC3)nccn12. The molecule has 90 valence electrons. The lowest BCUT2D eigenvalue weighted by Crippen LogP contribution is -2.31. The van der Waals surface area contributed by atoms with Crippen molar-refractivity contribution in [3.63, 3.8) is 0 Å². The first-order valence-electron chi connectivity index (χ1n) is 5.92. The van der Waals surface area contributed by atoms with Gasteiger partial charge in [0.05, 0.1) is 0 Å². The van der Waals surface area contributed by atoms with E-state index in [4.69, 9.17) is 5.73 Å². The molecular formula is C11H16N6. The Morgan fingerprint density at radius 2 is 2.35 bits per heavy atom. The number of nitrogens with two attached hydrogens (primary N) is 1. The molecule has 0 aromatic carbocycles. The van der Waals surface area contributed by atoms with Crippen molar-refractivity contribution in [1.82, 2.24) is 19.6 Å². The first-order chi connectivity index (χ1) is 8.29. The molecule has 0 amide bonds. The van der Waals surface area contributed by atoms with Crippen LogP contribution in [0.1, 0.15) is 18.7 Å². The molecule has 1 unspecified atom stereocenters. The largest absolute Gasteiger partial charge is 0.363 e. The van der Waals surface area contributed by atoms with Crippen LogP contribution in [-0.2, 0) is 0 Å². The van der Waals surface area contributed by atoms with Crippen LogP contribution in [0.5, 0.6) is 0 Å². The molecule has 1 aliphatic rings. The molecule has 0 spiro atoms. The Bertz CT molecular complexity index is 530. The Kier molecular flexibility index (Phi) is 2.44. The fourth-order valence-electron chi connectivity index (χ4n) is 2.09. The van der Waals surface area contributed by atoms with E-state index in [2.05, 4.69) is 20.5 Å². The van der Waals surface area contributed by atoms with Crippen LogP contribution in [0.2, 0.25) is 0 Å². The van der Waals surface area contributed by atoms with Crippen molar-refractivity contribution in [3.8, 4) is 0 Å². The summed E-state index contributed by atoms with van der Waals surface area (Å²) in [5, 5.41) is 11.6. The minimum atomic E-state index is 0.297. The lowest BCUT2D eigenvalue weighted by Gasteiger charge is -2.16. The second kappa shape index (κ2) is 3.96. The highest BCUT2D eigenvalue weighted by Gasteiger charge is 2.30. The molecular weight excluding hydrogens is 216 g/mol. The molecule has 1 atom stereocenters. The smallest absolute Gasteiger partial charge is 0.203 e. The van der Waals surface area contributed by atoms with Gasteiger partial charge in [-0.25, -0.2) is 4.98 Å². The zero-order valence-electron chi connectivity index (χ0n) is 9.80. The number of aromatic nitrogens is 4. The van der Waals surface area contributed by atoms with Gasteiger partial charge in [-0.2, -0.15) is 0 Å². The molecule has 17 heavy (non-hydrogen) atoms. The third-order valence-corrected chi connectivity index (χ3v) is 3.26. The number of rotatable bonds is 4. The predicted octanol–water partition coefficient (Wildman–Crippen LogP) is 0.582. The zero-order valence-corrected chi connectivity index (χ0v) is 9.80. The predicted molar refractivity (Wildman–Crippen MR) is 64.7 cm³/mol.